The van der Waals surface area contributed by atoms with Gasteiger partial charge in [0, 0.05) is 19.6 Å². The first-order chi connectivity index (χ1) is 7.19. The van der Waals surface area contributed by atoms with Crippen molar-refractivity contribution in [3.8, 4) is 0 Å². The molecule has 1 spiro atoms. The molecule has 0 aromatic rings. The Bertz CT molecular complexity index is 201. The molecule has 2 nitrogen and oxygen atoms in total. The highest BCUT2D eigenvalue weighted by atomic mass is 16.3. The van der Waals surface area contributed by atoms with E-state index in [1.54, 1.807) is 0 Å². The fraction of sp³-hybridized carbons (Fsp3) is 1.00. The molecule has 1 aliphatic heterocycles. The van der Waals surface area contributed by atoms with Crippen LogP contribution in [-0.4, -0.2) is 35.7 Å². The van der Waals surface area contributed by atoms with Gasteiger partial charge in [0.25, 0.3) is 0 Å². The molecule has 0 aromatic heterocycles. The molecule has 2 rings (SSSR count). The zero-order valence-corrected chi connectivity index (χ0v) is 10.2. The first-order valence-electron chi connectivity index (χ1n) is 6.59. The summed E-state index contributed by atoms with van der Waals surface area (Å²) in [4.78, 5) is 2.45. The third-order valence-electron chi connectivity index (χ3n) is 4.57. The van der Waals surface area contributed by atoms with Gasteiger partial charge >= 0.3 is 0 Å². The zero-order valence-electron chi connectivity index (χ0n) is 10.2. The van der Waals surface area contributed by atoms with Crippen molar-refractivity contribution in [3.63, 3.8) is 0 Å². The van der Waals surface area contributed by atoms with Crippen LogP contribution in [0.15, 0.2) is 0 Å². The average molecular weight is 211 g/mol. The minimum atomic E-state index is -0.0996. The van der Waals surface area contributed by atoms with Crippen LogP contribution in [0.5, 0.6) is 0 Å². The molecule has 1 saturated heterocycles. The molecule has 15 heavy (non-hydrogen) atoms. The third kappa shape index (κ3) is 2.21. The van der Waals surface area contributed by atoms with E-state index in [2.05, 4.69) is 18.7 Å². The summed E-state index contributed by atoms with van der Waals surface area (Å²) in [5, 5.41) is 10.1. The van der Waals surface area contributed by atoms with E-state index in [1.807, 2.05) is 0 Å². The second-order valence-corrected chi connectivity index (χ2v) is 5.67. The standard InChI is InChI=1S/C13H25NO/c1-3-11(4-2)12(15)8-14-9-13(10-14)6-5-7-13/h11-12,15H,3-10H2,1-2H3. The van der Waals surface area contributed by atoms with Crippen molar-refractivity contribution in [3.05, 3.63) is 0 Å². The number of rotatable bonds is 5. The molecule has 1 saturated carbocycles. The largest absolute Gasteiger partial charge is 0.392 e. The molecular formula is C13H25NO. The van der Waals surface area contributed by atoms with Crippen LogP contribution in [0.4, 0.5) is 0 Å². The predicted molar refractivity (Wildman–Crippen MR) is 62.8 cm³/mol. The normalized spacial score (nSPS) is 26.4. The van der Waals surface area contributed by atoms with Crippen LogP contribution in [0, 0.1) is 11.3 Å². The second-order valence-electron chi connectivity index (χ2n) is 5.67. The van der Waals surface area contributed by atoms with Crippen LogP contribution < -0.4 is 0 Å². The van der Waals surface area contributed by atoms with Crippen molar-refractivity contribution in [2.24, 2.45) is 11.3 Å². The zero-order chi connectivity index (χ0) is 10.9. The molecule has 1 aliphatic carbocycles. The molecule has 2 fully saturated rings. The number of nitrogens with zero attached hydrogens (tertiary/aromatic N) is 1. The van der Waals surface area contributed by atoms with E-state index >= 15 is 0 Å². The Morgan fingerprint density at radius 1 is 1.20 bits per heavy atom. The first kappa shape index (κ1) is 11.4. The molecule has 0 amide bonds. The van der Waals surface area contributed by atoms with Gasteiger partial charge in [-0.05, 0) is 24.2 Å². The summed E-state index contributed by atoms with van der Waals surface area (Å²) in [6.07, 6.45) is 6.42. The summed E-state index contributed by atoms with van der Waals surface area (Å²) in [5.74, 6) is 0.503. The molecule has 2 aliphatic rings. The summed E-state index contributed by atoms with van der Waals surface area (Å²) in [7, 11) is 0. The maximum Gasteiger partial charge on any atom is 0.0695 e. The van der Waals surface area contributed by atoms with E-state index in [-0.39, 0.29) is 6.10 Å². The van der Waals surface area contributed by atoms with Gasteiger partial charge in [0.15, 0.2) is 0 Å². The lowest BCUT2D eigenvalue weighted by atomic mass is 9.63. The Morgan fingerprint density at radius 3 is 2.20 bits per heavy atom. The maximum atomic E-state index is 10.1. The average Bonchev–Trinajstić information content (AvgIpc) is 2.09. The van der Waals surface area contributed by atoms with Gasteiger partial charge in [0.05, 0.1) is 6.10 Å². The van der Waals surface area contributed by atoms with Gasteiger partial charge in [-0.15, -0.1) is 0 Å². The smallest absolute Gasteiger partial charge is 0.0695 e. The number of aliphatic hydroxyl groups is 1. The topological polar surface area (TPSA) is 23.5 Å². The summed E-state index contributed by atoms with van der Waals surface area (Å²) in [5.41, 5.74) is 0.702. The third-order valence-corrected chi connectivity index (χ3v) is 4.57. The second kappa shape index (κ2) is 4.42. The fourth-order valence-corrected chi connectivity index (χ4v) is 3.27. The number of hydrogen-bond acceptors (Lipinski definition) is 2. The molecule has 0 aromatic carbocycles. The van der Waals surface area contributed by atoms with E-state index in [1.165, 1.54) is 32.4 Å². The van der Waals surface area contributed by atoms with E-state index in [0.717, 1.165) is 19.4 Å². The van der Waals surface area contributed by atoms with Crippen molar-refractivity contribution < 1.29 is 5.11 Å². The highest BCUT2D eigenvalue weighted by molar-refractivity contribution is 5.00. The van der Waals surface area contributed by atoms with Gasteiger partial charge in [-0.1, -0.05) is 33.1 Å². The Labute approximate surface area is 93.7 Å². The Hall–Kier alpha value is -0.0800. The molecule has 1 N–H and O–H groups in total. The quantitative estimate of drug-likeness (QED) is 0.754. The number of hydrogen-bond donors (Lipinski definition) is 1. The van der Waals surface area contributed by atoms with Crippen LogP contribution >= 0.6 is 0 Å². The number of aliphatic hydroxyl groups excluding tert-OH is 1. The van der Waals surface area contributed by atoms with E-state index in [9.17, 15) is 5.11 Å². The van der Waals surface area contributed by atoms with Crippen LogP contribution in [0.1, 0.15) is 46.0 Å². The van der Waals surface area contributed by atoms with Crippen molar-refractivity contribution >= 4 is 0 Å². The highest BCUT2D eigenvalue weighted by Gasteiger charge is 2.47. The van der Waals surface area contributed by atoms with Crippen molar-refractivity contribution in [2.75, 3.05) is 19.6 Å². The molecule has 0 bridgehead atoms. The molecular weight excluding hydrogens is 186 g/mol. The van der Waals surface area contributed by atoms with E-state index in [0.29, 0.717) is 11.3 Å². The Morgan fingerprint density at radius 2 is 1.80 bits per heavy atom. The van der Waals surface area contributed by atoms with Gasteiger partial charge in [-0.3, -0.25) is 4.90 Å². The molecule has 88 valence electrons. The lowest BCUT2D eigenvalue weighted by Gasteiger charge is -2.56. The van der Waals surface area contributed by atoms with Gasteiger partial charge in [0.2, 0.25) is 0 Å². The fourth-order valence-electron chi connectivity index (χ4n) is 3.27. The van der Waals surface area contributed by atoms with E-state index < -0.39 is 0 Å². The number of likely N-dealkylation sites (tertiary alicyclic amines) is 1. The van der Waals surface area contributed by atoms with Crippen molar-refractivity contribution in [1.82, 2.24) is 4.90 Å². The van der Waals surface area contributed by atoms with Gasteiger partial charge in [0.1, 0.15) is 0 Å². The molecule has 1 unspecified atom stereocenters. The van der Waals surface area contributed by atoms with Crippen molar-refractivity contribution in [1.29, 1.82) is 0 Å². The minimum Gasteiger partial charge on any atom is -0.392 e. The predicted octanol–water partition coefficient (Wildman–Crippen LogP) is 2.27. The lowest BCUT2D eigenvalue weighted by Crippen LogP contribution is -2.61. The van der Waals surface area contributed by atoms with Gasteiger partial charge < -0.3 is 5.11 Å². The van der Waals surface area contributed by atoms with Gasteiger partial charge in [-0.2, -0.15) is 0 Å². The number of β-amino-alcohol motifs (C(OH)–C–C–N with tert-alkyl or cyclic N) is 1. The summed E-state index contributed by atoms with van der Waals surface area (Å²) < 4.78 is 0. The first-order valence-corrected chi connectivity index (χ1v) is 6.59. The van der Waals surface area contributed by atoms with Crippen LogP contribution in [0.25, 0.3) is 0 Å². The molecule has 1 heterocycles. The van der Waals surface area contributed by atoms with Crippen molar-refractivity contribution in [2.45, 2.75) is 52.1 Å². The van der Waals surface area contributed by atoms with Crippen LogP contribution in [-0.2, 0) is 0 Å². The van der Waals surface area contributed by atoms with Crippen LogP contribution in [0.2, 0.25) is 0 Å². The van der Waals surface area contributed by atoms with Crippen LogP contribution in [0.3, 0.4) is 0 Å². The van der Waals surface area contributed by atoms with Gasteiger partial charge in [-0.25, -0.2) is 0 Å². The molecule has 1 atom stereocenters. The van der Waals surface area contributed by atoms with E-state index in [4.69, 9.17) is 0 Å². The summed E-state index contributed by atoms with van der Waals surface area (Å²) >= 11 is 0. The SMILES string of the molecule is CCC(CC)C(O)CN1CC2(CCC2)C1. The molecule has 2 heteroatoms. The Kier molecular flexibility index (Phi) is 3.36. The summed E-state index contributed by atoms with van der Waals surface area (Å²) in [6, 6.07) is 0. The highest BCUT2D eigenvalue weighted by Crippen LogP contribution is 2.48. The lowest BCUT2D eigenvalue weighted by molar-refractivity contribution is -0.0831. The monoisotopic (exact) mass is 211 g/mol. The Balaban J connectivity index is 1.69. The summed E-state index contributed by atoms with van der Waals surface area (Å²) in [6.45, 7) is 7.78. The minimum absolute atomic E-state index is 0.0996. The molecule has 0 radical (unpaired) electrons. The maximum absolute atomic E-state index is 10.1.